The number of nitrogens with zero attached hydrogens (tertiary/aromatic N) is 5. The third-order valence-electron chi connectivity index (χ3n) is 3.64. The topological polar surface area (TPSA) is 107 Å². The fourth-order valence-electron chi connectivity index (χ4n) is 2.31. The Morgan fingerprint density at radius 3 is 2.70 bits per heavy atom. The van der Waals surface area contributed by atoms with Crippen LogP contribution in [-0.2, 0) is 6.54 Å². The van der Waals surface area contributed by atoms with Gasteiger partial charge in [0.25, 0.3) is 0 Å². The molecule has 20 heavy (non-hydrogen) atoms. The molecular formula is C12H13N5O3. The molecule has 8 nitrogen and oxygen atoms in total. The summed E-state index contributed by atoms with van der Waals surface area (Å²) in [5, 5.41) is 20.7. The summed E-state index contributed by atoms with van der Waals surface area (Å²) in [5.41, 5.74) is 0.716. The van der Waals surface area contributed by atoms with Crippen molar-refractivity contribution < 1.29 is 14.4 Å². The lowest BCUT2D eigenvalue weighted by atomic mass is 10.2. The number of hydrogen-bond acceptors (Lipinski definition) is 6. The molecule has 0 unspecified atom stereocenters. The smallest absolute Gasteiger partial charge is 0.358 e. The first-order chi connectivity index (χ1) is 9.72. The maximum atomic E-state index is 11.2. The summed E-state index contributed by atoms with van der Waals surface area (Å²) in [7, 11) is 0. The molecule has 2 aliphatic rings. The van der Waals surface area contributed by atoms with Crippen LogP contribution in [0.15, 0.2) is 4.52 Å². The fourth-order valence-corrected chi connectivity index (χ4v) is 2.31. The van der Waals surface area contributed by atoms with Crippen LogP contribution in [0, 0.1) is 0 Å². The Bertz CT molecular complexity index is 668. The number of carboxylic acid groups (broad SMARTS) is 1. The molecule has 0 saturated heterocycles. The van der Waals surface area contributed by atoms with Crippen molar-refractivity contribution in [2.45, 2.75) is 44.1 Å². The Kier molecular flexibility index (Phi) is 2.38. The molecule has 2 aromatic heterocycles. The summed E-state index contributed by atoms with van der Waals surface area (Å²) >= 11 is 0. The molecule has 4 rings (SSSR count). The van der Waals surface area contributed by atoms with Crippen molar-refractivity contribution in [3.8, 4) is 0 Å². The molecule has 2 saturated carbocycles. The molecule has 0 aliphatic heterocycles. The molecule has 0 aromatic carbocycles. The van der Waals surface area contributed by atoms with Crippen molar-refractivity contribution in [2.75, 3.05) is 0 Å². The van der Waals surface area contributed by atoms with E-state index in [4.69, 9.17) is 9.63 Å². The first-order valence-corrected chi connectivity index (χ1v) is 6.71. The Hall–Kier alpha value is -2.25. The third kappa shape index (κ3) is 1.97. The highest BCUT2D eigenvalue weighted by Crippen LogP contribution is 2.41. The molecule has 2 aliphatic carbocycles. The van der Waals surface area contributed by atoms with Gasteiger partial charge < -0.3 is 9.63 Å². The molecule has 0 bridgehead atoms. The van der Waals surface area contributed by atoms with E-state index in [2.05, 4.69) is 20.5 Å². The molecule has 1 N–H and O–H groups in total. The average molecular weight is 275 g/mol. The summed E-state index contributed by atoms with van der Waals surface area (Å²) in [6.07, 6.45) is 4.16. The van der Waals surface area contributed by atoms with Gasteiger partial charge in [-0.2, -0.15) is 4.98 Å². The number of aromatic nitrogens is 5. The van der Waals surface area contributed by atoms with Gasteiger partial charge in [-0.3, -0.25) is 0 Å². The van der Waals surface area contributed by atoms with Gasteiger partial charge in [-0.15, -0.1) is 5.10 Å². The zero-order valence-electron chi connectivity index (χ0n) is 10.7. The molecule has 0 atom stereocenters. The normalized spacial score (nSPS) is 18.4. The van der Waals surface area contributed by atoms with Crippen molar-refractivity contribution in [3.05, 3.63) is 23.1 Å². The van der Waals surface area contributed by atoms with Gasteiger partial charge in [-0.05, 0) is 25.7 Å². The minimum atomic E-state index is -1.04. The largest absolute Gasteiger partial charge is 0.476 e. The lowest BCUT2D eigenvalue weighted by Gasteiger charge is -2.02. The zero-order chi connectivity index (χ0) is 13.7. The third-order valence-corrected chi connectivity index (χ3v) is 3.64. The van der Waals surface area contributed by atoms with E-state index in [0.717, 1.165) is 25.7 Å². The molecule has 0 spiro atoms. The second-order valence-electron chi connectivity index (χ2n) is 5.38. The molecular weight excluding hydrogens is 262 g/mol. The molecule has 104 valence electrons. The first-order valence-electron chi connectivity index (χ1n) is 6.71. The Labute approximate surface area is 113 Å². The highest BCUT2D eigenvalue weighted by molar-refractivity contribution is 5.86. The predicted octanol–water partition coefficient (Wildman–Crippen LogP) is 1.16. The summed E-state index contributed by atoms with van der Waals surface area (Å²) < 4.78 is 6.78. The second-order valence-corrected chi connectivity index (χ2v) is 5.38. The number of aromatic carboxylic acids is 1. The van der Waals surface area contributed by atoms with Gasteiger partial charge in [0.2, 0.25) is 5.89 Å². The standard InChI is InChI=1S/C12H13N5O3/c18-12(19)9-10(6-1-2-6)17(16-14-9)5-8-13-11(20-15-8)7-3-4-7/h6-7H,1-5H2,(H,18,19). The van der Waals surface area contributed by atoms with E-state index in [1.807, 2.05) is 0 Å². The fraction of sp³-hybridized carbons (Fsp3) is 0.583. The van der Waals surface area contributed by atoms with Gasteiger partial charge in [0.05, 0.1) is 5.69 Å². The van der Waals surface area contributed by atoms with Crippen molar-refractivity contribution in [1.29, 1.82) is 0 Å². The van der Waals surface area contributed by atoms with E-state index in [1.54, 1.807) is 4.68 Å². The minimum absolute atomic E-state index is 0.0402. The number of carbonyl (C=O) groups is 1. The Morgan fingerprint density at radius 2 is 2.05 bits per heavy atom. The van der Waals surface area contributed by atoms with Crippen molar-refractivity contribution in [2.24, 2.45) is 0 Å². The van der Waals surface area contributed by atoms with Crippen molar-refractivity contribution in [1.82, 2.24) is 25.1 Å². The molecule has 0 amide bonds. The van der Waals surface area contributed by atoms with Crippen LogP contribution in [0.5, 0.6) is 0 Å². The van der Waals surface area contributed by atoms with Gasteiger partial charge in [-0.25, -0.2) is 9.48 Å². The van der Waals surface area contributed by atoms with E-state index in [9.17, 15) is 4.79 Å². The van der Waals surface area contributed by atoms with Gasteiger partial charge in [-0.1, -0.05) is 10.4 Å². The first kappa shape index (κ1) is 11.6. The van der Waals surface area contributed by atoms with Crippen LogP contribution in [0.4, 0.5) is 0 Å². The van der Waals surface area contributed by atoms with Gasteiger partial charge in [0.1, 0.15) is 6.54 Å². The summed E-state index contributed by atoms with van der Waals surface area (Å²) in [5.74, 6) is 0.808. The summed E-state index contributed by atoms with van der Waals surface area (Å²) in [4.78, 5) is 15.5. The number of rotatable bonds is 5. The highest BCUT2D eigenvalue weighted by atomic mass is 16.5. The Morgan fingerprint density at radius 1 is 1.30 bits per heavy atom. The van der Waals surface area contributed by atoms with Crippen molar-refractivity contribution in [3.63, 3.8) is 0 Å². The van der Waals surface area contributed by atoms with Gasteiger partial charge in [0, 0.05) is 11.8 Å². The zero-order valence-corrected chi connectivity index (χ0v) is 10.7. The van der Waals surface area contributed by atoms with E-state index in [0.29, 0.717) is 29.9 Å². The monoisotopic (exact) mass is 275 g/mol. The Balaban J connectivity index is 1.62. The van der Waals surface area contributed by atoms with Crippen LogP contribution >= 0.6 is 0 Å². The van der Waals surface area contributed by atoms with Crippen LogP contribution in [0.2, 0.25) is 0 Å². The van der Waals surface area contributed by atoms with Crippen LogP contribution in [0.1, 0.15) is 65.4 Å². The van der Waals surface area contributed by atoms with E-state index in [-0.39, 0.29) is 11.6 Å². The summed E-state index contributed by atoms with van der Waals surface area (Å²) in [6, 6.07) is 0. The quantitative estimate of drug-likeness (QED) is 0.872. The average Bonchev–Trinajstić information content (AvgIpc) is 3.35. The van der Waals surface area contributed by atoms with E-state index in [1.165, 1.54) is 0 Å². The van der Waals surface area contributed by atoms with Gasteiger partial charge in [0.15, 0.2) is 11.5 Å². The molecule has 8 heteroatoms. The minimum Gasteiger partial charge on any atom is -0.476 e. The maximum Gasteiger partial charge on any atom is 0.358 e. The molecule has 0 radical (unpaired) electrons. The van der Waals surface area contributed by atoms with Crippen LogP contribution in [-0.4, -0.2) is 36.2 Å². The highest BCUT2D eigenvalue weighted by Gasteiger charge is 2.34. The van der Waals surface area contributed by atoms with Crippen LogP contribution < -0.4 is 0 Å². The molecule has 2 aromatic rings. The summed E-state index contributed by atoms with van der Waals surface area (Å²) in [6.45, 7) is 0.308. The van der Waals surface area contributed by atoms with E-state index >= 15 is 0 Å². The van der Waals surface area contributed by atoms with Gasteiger partial charge >= 0.3 is 5.97 Å². The molecule has 2 fully saturated rings. The second kappa shape index (κ2) is 4.12. The SMILES string of the molecule is O=C(O)c1nnn(Cc2noc(C3CC3)n2)c1C1CC1. The van der Waals surface area contributed by atoms with E-state index < -0.39 is 5.97 Å². The maximum absolute atomic E-state index is 11.2. The lowest BCUT2D eigenvalue weighted by molar-refractivity contribution is 0.0689. The number of hydrogen-bond donors (Lipinski definition) is 1. The van der Waals surface area contributed by atoms with Crippen LogP contribution in [0.25, 0.3) is 0 Å². The van der Waals surface area contributed by atoms with Crippen LogP contribution in [0.3, 0.4) is 0 Å². The molecule has 2 heterocycles. The van der Waals surface area contributed by atoms with Crippen molar-refractivity contribution >= 4 is 5.97 Å². The predicted molar refractivity (Wildman–Crippen MR) is 64.3 cm³/mol. The number of carboxylic acids is 1. The lowest BCUT2D eigenvalue weighted by Crippen LogP contribution is -2.09.